The molecule has 0 spiro atoms. The third-order valence-electron chi connectivity index (χ3n) is 3.62. The Balaban J connectivity index is 2.19. The molecule has 1 N–H and O–H groups in total. The molecular formula is C14H19FO2. The third kappa shape index (κ3) is 2.78. The molecule has 2 nitrogen and oxygen atoms in total. The van der Waals surface area contributed by atoms with Crippen LogP contribution in [0.15, 0.2) is 18.2 Å². The molecule has 1 saturated carbocycles. The maximum atomic E-state index is 13.7. The molecule has 1 aliphatic carbocycles. The lowest BCUT2D eigenvalue weighted by Crippen LogP contribution is -2.17. The standard InChI is InChI=1S/C14H19FO2/c1-17-11-7-8-13(15)12(9-11)14(16)10-5-3-2-4-6-10/h7-10,14,16H,2-6H2,1H3. The fourth-order valence-electron chi connectivity index (χ4n) is 2.58. The van der Waals surface area contributed by atoms with Crippen molar-refractivity contribution < 1.29 is 14.2 Å². The Morgan fingerprint density at radius 1 is 1.29 bits per heavy atom. The molecule has 3 heteroatoms. The number of ether oxygens (including phenoxy) is 1. The minimum atomic E-state index is -0.703. The number of aliphatic hydroxyl groups is 1. The molecule has 2 rings (SSSR count). The van der Waals surface area contributed by atoms with Crippen LogP contribution in [0.2, 0.25) is 0 Å². The lowest BCUT2D eigenvalue weighted by molar-refractivity contribution is 0.0814. The Morgan fingerprint density at radius 3 is 2.65 bits per heavy atom. The summed E-state index contributed by atoms with van der Waals surface area (Å²) in [6.45, 7) is 0. The van der Waals surface area contributed by atoms with Crippen LogP contribution >= 0.6 is 0 Å². The smallest absolute Gasteiger partial charge is 0.129 e. The van der Waals surface area contributed by atoms with Gasteiger partial charge in [-0.3, -0.25) is 0 Å². The molecular weight excluding hydrogens is 219 g/mol. The maximum Gasteiger partial charge on any atom is 0.129 e. The van der Waals surface area contributed by atoms with Crippen molar-refractivity contribution in [3.63, 3.8) is 0 Å². The first-order valence-electron chi connectivity index (χ1n) is 6.24. The van der Waals surface area contributed by atoms with Gasteiger partial charge in [0.15, 0.2) is 0 Å². The molecule has 94 valence electrons. The third-order valence-corrected chi connectivity index (χ3v) is 3.62. The molecule has 1 aromatic rings. The Morgan fingerprint density at radius 2 is 2.00 bits per heavy atom. The van der Waals surface area contributed by atoms with Crippen molar-refractivity contribution in [2.24, 2.45) is 5.92 Å². The van der Waals surface area contributed by atoms with Gasteiger partial charge in [-0.1, -0.05) is 19.3 Å². The second kappa shape index (κ2) is 5.50. The van der Waals surface area contributed by atoms with Crippen molar-refractivity contribution >= 4 is 0 Å². The predicted molar refractivity (Wildman–Crippen MR) is 64.5 cm³/mol. The van der Waals surface area contributed by atoms with Gasteiger partial charge < -0.3 is 9.84 Å². The minimum absolute atomic E-state index is 0.186. The van der Waals surface area contributed by atoms with Gasteiger partial charge >= 0.3 is 0 Å². The zero-order valence-electron chi connectivity index (χ0n) is 10.2. The van der Waals surface area contributed by atoms with E-state index in [-0.39, 0.29) is 11.7 Å². The number of rotatable bonds is 3. The van der Waals surface area contributed by atoms with Crippen LogP contribution in [0.4, 0.5) is 4.39 Å². The average molecular weight is 238 g/mol. The topological polar surface area (TPSA) is 29.5 Å². The first-order chi connectivity index (χ1) is 8.22. The number of benzene rings is 1. The summed E-state index contributed by atoms with van der Waals surface area (Å²) in [4.78, 5) is 0. The van der Waals surface area contributed by atoms with E-state index >= 15 is 0 Å². The van der Waals surface area contributed by atoms with Crippen LogP contribution in [0.1, 0.15) is 43.8 Å². The molecule has 1 aliphatic rings. The van der Waals surface area contributed by atoms with Gasteiger partial charge in [-0.25, -0.2) is 4.39 Å². The summed E-state index contributed by atoms with van der Waals surface area (Å²) in [5, 5.41) is 10.3. The van der Waals surface area contributed by atoms with Gasteiger partial charge in [0, 0.05) is 5.56 Å². The first kappa shape index (κ1) is 12.4. The van der Waals surface area contributed by atoms with E-state index in [1.165, 1.54) is 12.5 Å². The van der Waals surface area contributed by atoms with Crippen LogP contribution in [-0.4, -0.2) is 12.2 Å². The highest BCUT2D eigenvalue weighted by molar-refractivity contribution is 5.31. The molecule has 1 unspecified atom stereocenters. The van der Waals surface area contributed by atoms with Crippen molar-refractivity contribution in [2.45, 2.75) is 38.2 Å². The fraction of sp³-hybridized carbons (Fsp3) is 0.571. The molecule has 1 aromatic carbocycles. The molecule has 1 atom stereocenters. The molecule has 0 amide bonds. The lowest BCUT2D eigenvalue weighted by atomic mass is 9.82. The fourth-order valence-corrected chi connectivity index (χ4v) is 2.58. The van der Waals surface area contributed by atoms with Crippen LogP contribution in [0, 0.1) is 11.7 Å². The first-order valence-corrected chi connectivity index (χ1v) is 6.24. The Kier molecular flexibility index (Phi) is 4.00. The normalized spacial score (nSPS) is 19.0. The van der Waals surface area contributed by atoms with Gasteiger partial charge in [0.05, 0.1) is 13.2 Å². The van der Waals surface area contributed by atoms with E-state index in [2.05, 4.69) is 0 Å². The van der Waals surface area contributed by atoms with Crippen molar-refractivity contribution in [2.75, 3.05) is 7.11 Å². The van der Waals surface area contributed by atoms with Crippen LogP contribution in [0.5, 0.6) is 5.75 Å². The molecule has 0 heterocycles. The van der Waals surface area contributed by atoms with Crippen molar-refractivity contribution in [3.05, 3.63) is 29.6 Å². The van der Waals surface area contributed by atoms with E-state index in [1.807, 2.05) is 0 Å². The number of hydrogen-bond donors (Lipinski definition) is 1. The summed E-state index contributed by atoms with van der Waals surface area (Å²) < 4.78 is 18.8. The van der Waals surface area contributed by atoms with Gasteiger partial charge in [-0.05, 0) is 37.0 Å². The summed E-state index contributed by atoms with van der Waals surface area (Å²) in [6.07, 6.45) is 4.76. The highest BCUT2D eigenvalue weighted by Gasteiger charge is 2.25. The summed E-state index contributed by atoms with van der Waals surface area (Å²) in [7, 11) is 1.55. The summed E-state index contributed by atoms with van der Waals surface area (Å²) in [6, 6.07) is 4.54. The van der Waals surface area contributed by atoms with Crippen LogP contribution < -0.4 is 4.74 Å². The minimum Gasteiger partial charge on any atom is -0.497 e. The van der Waals surface area contributed by atoms with E-state index in [4.69, 9.17) is 4.74 Å². The second-order valence-corrected chi connectivity index (χ2v) is 4.73. The maximum absolute atomic E-state index is 13.7. The van der Waals surface area contributed by atoms with Gasteiger partial charge in [0.1, 0.15) is 11.6 Å². The molecule has 0 aliphatic heterocycles. The second-order valence-electron chi connectivity index (χ2n) is 4.73. The molecule has 0 radical (unpaired) electrons. The van der Waals surface area contributed by atoms with E-state index < -0.39 is 6.10 Å². The van der Waals surface area contributed by atoms with E-state index in [1.54, 1.807) is 19.2 Å². The quantitative estimate of drug-likeness (QED) is 0.874. The van der Waals surface area contributed by atoms with Crippen LogP contribution in [0.3, 0.4) is 0 Å². The molecule has 1 fully saturated rings. The summed E-state index contributed by atoms with van der Waals surface area (Å²) in [5.74, 6) is 0.436. The Bertz CT molecular complexity index is 372. The van der Waals surface area contributed by atoms with Gasteiger partial charge in [-0.2, -0.15) is 0 Å². The average Bonchev–Trinajstić information content (AvgIpc) is 2.39. The Hall–Kier alpha value is -1.09. The zero-order chi connectivity index (χ0) is 12.3. The lowest BCUT2D eigenvalue weighted by Gasteiger charge is -2.27. The largest absolute Gasteiger partial charge is 0.497 e. The van der Waals surface area contributed by atoms with E-state index in [9.17, 15) is 9.50 Å². The predicted octanol–water partition coefficient (Wildman–Crippen LogP) is 3.45. The van der Waals surface area contributed by atoms with Gasteiger partial charge in [0.2, 0.25) is 0 Å². The highest BCUT2D eigenvalue weighted by atomic mass is 19.1. The van der Waals surface area contributed by atoms with E-state index in [0.29, 0.717) is 11.3 Å². The summed E-state index contributed by atoms with van der Waals surface area (Å²) in [5.41, 5.74) is 0.372. The van der Waals surface area contributed by atoms with Gasteiger partial charge in [0.25, 0.3) is 0 Å². The van der Waals surface area contributed by atoms with Gasteiger partial charge in [-0.15, -0.1) is 0 Å². The number of methoxy groups -OCH3 is 1. The van der Waals surface area contributed by atoms with Crippen LogP contribution in [-0.2, 0) is 0 Å². The Labute approximate surface area is 101 Å². The van der Waals surface area contributed by atoms with E-state index in [0.717, 1.165) is 25.7 Å². The molecule has 0 bridgehead atoms. The van der Waals surface area contributed by atoms with Crippen LogP contribution in [0.25, 0.3) is 0 Å². The molecule has 0 aromatic heterocycles. The molecule has 0 saturated heterocycles. The van der Waals surface area contributed by atoms with Crippen molar-refractivity contribution in [1.82, 2.24) is 0 Å². The number of halogens is 1. The molecule has 17 heavy (non-hydrogen) atoms. The highest BCUT2D eigenvalue weighted by Crippen LogP contribution is 2.36. The number of aliphatic hydroxyl groups excluding tert-OH is 1. The zero-order valence-corrected chi connectivity index (χ0v) is 10.2. The summed E-state index contributed by atoms with van der Waals surface area (Å²) >= 11 is 0. The number of hydrogen-bond acceptors (Lipinski definition) is 2. The monoisotopic (exact) mass is 238 g/mol. The van der Waals surface area contributed by atoms with Crippen molar-refractivity contribution in [3.8, 4) is 5.75 Å². The SMILES string of the molecule is COc1ccc(F)c(C(O)C2CCCCC2)c1. The van der Waals surface area contributed by atoms with Crippen molar-refractivity contribution in [1.29, 1.82) is 0 Å².